The van der Waals surface area contributed by atoms with Crippen LogP contribution in [0.1, 0.15) is 18.4 Å². The second kappa shape index (κ2) is 5.83. The van der Waals surface area contributed by atoms with Crippen molar-refractivity contribution >= 4 is 16.0 Å². The number of carboxylic acids is 1. The molecule has 1 aromatic rings. The summed E-state index contributed by atoms with van der Waals surface area (Å²) in [6.45, 7) is 1.88. The smallest absolute Gasteiger partial charge is 0.303 e. The lowest BCUT2D eigenvalue weighted by Gasteiger charge is -2.08. The number of aryl methyl sites for hydroxylation is 1. The summed E-state index contributed by atoms with van der Waals surface area (Å²) in [6, 6.07) is 4.42. The van der Waals surface area contributed by atoms with Crippen molar-refractivity contribution in [3.05, 3.63) is 23.8 Å². The average molecular weight is 273 g/mol. The van der Waals surface area contributed by atoms with Crippen molar-refractivity contribution in [2.24, 2.45) is 5.14 Å². The molecular weight excluding hydrogens is 258 g/mol. The number of carboxylic acid groups (broad SMARTS) is 1. The molecule has 18 heavy (non-hydrogen) atoms. The quantitative estimate of drug-likeness (QED) is 0.748. The fourth-order valence-electron chi connectivity index (χ4n) is 1.44. The highest BCUT2D eigenvalue weighted by Crippen LogP contribution is 2.20. The van der Waals surface area contributed by atoms with Gasteiger partial charge in [0.05, 0.1) is 11.5 Å². The second-order valence-corrected chi connectivity index (χ2v) is 5.35. The monoisotopic (exact) mass is 273 g/mol. The molecule has 1 aromatic carbocycles. The molecule has 0 saturated heterocycles. The summed E-state index contributed by atoms with van der Waals surface area (Å²) in [4.78, 5) is 10.3. The van der Waals surface area contributed by atoms with Crippen molar-refractivity contribution in [1.82, 2.24) is 0 Å². The number of aliphatic carboxylic acids is 1. The fraction of sp³-hybridized carbons (Fsp3) is 0.364. The summed E-state index contributed by atoms with van der Waals surface area (Å²) in [6.07, 6.45) is 0.430. The number of hydrogen-bond acceptors (Lipinski definition) is 4. The van der Waals surface area contributed by atoms with Gasteiger partial charge in [-0.15, -0.1) is 0 Å². The Bertz CT molecular complexity index is 538. The molecule has 0 aliphatic heterocycles. The lowest BCUT2D eigenvalue weighted by atomic mass is 10.2. The zero-order valence-corrected chi connectivity index (χ0v) is 10.7. The first-order chi connectivity index (χ1) is 8.30. The Hall–Kier alpha value is -1.60. The number of primary sulfonamides is 1. The lowest BCUT2D eigenvalue weighted by molar-refractivity contribution is -0.137. The van der Waals surface area contributed by atoms with Gasteiger partial charge in [-0.1, -0.05) is 0 Å². The van der Waals surface area contributed by atoms with Gasteiger partial charge in [-0.2, -0.15) is 0 Å². The summed E-state index contributed by atoms with van der Waals surface area (Å²) in [5.41, 5.74) is 0.494. The van der Waals surface area contributed by atoms with E-state index in [1.54, 1.807) is 13.0 Å². The molecule has 100 valence electrons. The molecular formula is C11H15NO5S. The van der Waals surface area contributed by atoms with E-state index in [1.165, 1.54) is 12.1 Å². The zero-order valence-electron chi connectivity index (χ0n) is 9.92. The maximum Gasteiger partial charge on any atom is 0.303 e. The molecule has 0 atom stereocenters. The van der Waals surface area contributed by atoms with Gasteiger partial charge in [0.1, 0.15) is 5.75 Å². The molecule has 3 N–H and O–H groups in total. The summed E-state index contributed by atoms with van der Waals surface area (Å²) < 4.78 is 27.6. The first kappa shape index (κ1) is 14.5. The predicted octanol–water partition coefficient (Wildman–Crippen LogP) is 0.886. The maximum atomic E-state index is 11.2. The standard InChI is InChI=1S/C11H15NO5S/c1-8-7-9(17-6-2-3-11(13)14)4-5-10(8)18(12,15)16/h4-5,7H,2-3,6H2,1H3,(H,13,14)(H2,12,15,16). The van der Waals surface area contributed by atoms with Crippen LogP contribution in [0, 0.1) is 6.92 Å². The molecule has 0 saturated carbocycles. The Labute approximate surface area is 105 Å². The first-order valence-corrected chi connectivity index (χ1v) is 6.83. The van der Waals surface area contributed by atoms with E-state index in [0.29, 0.717) is 17.7 Å². The molecule has 0 heterocycles. The topological polar surface area (TPSA) is 107 Å². The third kappa shape index (κ3) is 4.34. The van der Waals surface area contributed by atoms with Crippen molar-refractivity contribution < 1.29 is 23.1 Å². The average Bonchev–Trinajstić information content (AvgIpc) is 2.22. The molecule has 0 aliphatic rings. The number of carbonyl (C=O) groups is 1. The Morgan fingerprint density at radius 3 is 2.61 bits per heavy atom. The van der Waals surface area contributed by atoms with E-state index in [4.69, 9.17) is 15.0 Å². The Morgan fingerprint density at radius 1 is 1.44 bits per heavy atom. The minimum Gasteiger partial charge on any atom is -0.494 e. The van der Waals surface area contributed by atoms with Crippen molar-refractivity contribution in [1.29, 1.82) is 0 Å². The fourth-order valence-corrected chi connectivity index (χ4v) is 2.21. The number of hydrogen-bond donors (Lipinski definition) is 2. The van der Waals surface area contributed by atoms with E-state index in [2.05, 4.69) is 0 Å². The van der Waals surface area contributed by atoms with Gasteiger partial charge in [-0.25, -0.2) is 13.6 Å². The predicted molar refractivity (Wildman–Crippen MR) is 64.9 cm³/mol. The molecule has 1 rings (SSSR count). The van der Waals surface area contributed by atoms with Crippen LogP contribution < -0.4 is 9.88 Å². The Kier molecular flexibility index (Phi) is 4.69. The van der Waals surface area contributed by atoms with Gasteiger partial charge in [-0.05, 0) is 37.1 Å². The SMILES string of the molecule is Cc1cc(OCCCC(=O)O)ccc1S(N)(=O)=O. The van der Waals surface area contributed by atoms with Crippen LogP contribution in [0.25, 0.3) is 0 Å². The van der Waals surface area contributed by atoms with Gasteiger partial charge < -0.3 is 9.84 Å². The normalized spacial score (nSPS) is 11.2. The summed E-state index contributed by atoms with van der Waals surface area (Å²) in [7, 11) is -3.72. The highest BCUT2D eigenvalue weighted by atomic mass is 32.2. The maximum absolute atomic E-state index is 11.2. The second-order valence-electron chi connectivity index (χ2n) is 3.82. The third-order valence-electron chi connectivity index (χ3n) is 2.26. The lowest BCUT2D eigenvalue weighted by Crippen LogP contribution is -2.13. The van der Waals surface area contributed by atoms with Gasteiger partial charge in [0.2, 0.25) is 10.0 Å². The minimum atomic E-state index is -3.72. The highest BCUT2D eigenvalue weighted by Gasteiger charge is 2.11. The van der Waals surface area contributed by atoms with Gasteiger partial charge in [0, 0.05) is 6.42 Å². The molecule has 7 heteroatoms. The molecule has 0 aliphatic carbocycles. The molecule has 6 nitrogen and oxygen atoms in total. The van der Waals surface area contributed by atoms with Crippen LogP contribution in [-0.4, -0.2) is 26.1 Å². The number of nitrogens with two attached hydrogens (primary N) is 1. The Balaban J connectivity index is 2.65. The number of ether oxygens (including phenoxy) is 1. The van der Waals surface area contributed by atoms with E-state index < -0.39 is 16.0 Å². The minimum absolute atomic E-state index is 0.0360. The van der Waals surface area contributed by atoms with E-state index >= 15 is 0 Å². The molecule has 0 amide bonds. The summed E-state index contributed by atoms with van der Waals surface area (Å²) in [5.74, 6) is -0.385. The van der Waals surface area contributed by atoms with E-state index in [0.717, 1.165) is 0 Å². The van der Waals surface area contributed by atoms with E-state index in [1.807, 2.05) is 0 Å². The largest absolute Gasteiger partial charge is 0.494 e. The highest BCUT2D eigenvalue weighted by molar-refractivity contribution is 7.89. The van der Waals surface area contributed by atoms with Crippen LogP contribution in [0.2, 0.25) is 0 Å². The first-order valence-electron chi connectivity index (χ1n) is 5.29. The molecule has 0 spiro atoms. The van der Waals surface area contributed by atoms with Gasteiger partial charge in [-0.3, -0.25) is 4.79 Å². The van der Waals surface area contributed by atoms with Crippen LogP contribution >= 0.6 is 0 Å². The van der Waals surface area contributed by atoms with Crippen LogP contribution in [-0.2, 0) is 14.8 Å². The number of benzene rings is 1. The van der Waals surface area contributed by atoms with Crippen LogP contribution in [0.15, 0.2) is 23.1 Å². The van der Waals surface area contributed by atoms with Gasteiger partial charge in [0.25, 0.3) is 0 Å². The van der Waals surface area contributed by atoms with Crippen molar-refractivity contribution in [3.63, 3.8) is 0 Å². The molecule has 0 fully saturated rings. The van der Waals surface area contributed by atoms with E-state index in [9.17, 15) is 13.2 Å². The zero-order chi connectivity index (χ0) is 13.8. The molecule has 0 radical (unpaired) electrons. The summed E-state index contributed by atoms with van der Waals surface area (Å²) >= 11 is 0. The molecule has 0 unspecified atom stereocenters. The van der Waals surface area contributed by atoms with Gasteiger partial charge in [0.15, 0.2) is 0 Å². The van der Waals surface area contributed by atoms with Crippen molar-refractivity contribution in [3.8, 4) is 5.75 Å². The number of sulfonamides is 1. The third-order valence-corrected chi connectivity index (χ3v) is 3.33. The van der Waals surface area contributed by atoms with Crippen LogP contribution in [0.3, 0.4) is 0 Å². The molecule has 0 bridgehead atoms. The van der Waals surface area contributed by atoms with Crippen molar-refractivity contribution in [2.75, 3.05) is 6.61 Å². The Morgan fingerprint density at radius 2 is 2.11 bits per heavy atom. The van der Waals surface area contributed by atoms with Crippen LogP contribution in [0.4, 0.5) is 0 Å². The van der Waals surface area contributed by atoms with Gasteiger partial charge >= 0.3 is 5.97 Å². The van der Waals surface area contributed by atoms with Crippen LogP contribution in [0.5, 0.6) is 5.75 Å². The number of rotatable bonds is 6. The summed E-state index contributed by atoms with van der Waals surface area (Å²) in [5, 5.41) is 13.5. The van der Waals surface area contributed by atoms with Crippen molar-refractivity contribution in [2.45, 2.75) is 24.7 Å². The van der Waals surface area contributed by atoms with E-state index in [-0.39, 0.29) is 17.9 Å². The molecule has 0 aromatic heterocycles.